The Morgan fingerprint density at radius 3 is 2.76 bits per heavy atom. The lowest BCUT2D eigenvalue weighted by Crippen LogP contribution is -2.36. The van der Waals surface area contributed by atoms with Crippen molar-refractivity contribution in [2.45, 2.75) is 25.5 Å². The standard InChI is InChI=1S/C12H17Br2NOS/c13-4-7-16-10-1-5-15(6-2-10)9-12-11(14)3-8-17-12/h3,8,10H,1-2,4-7,9H2. The van der Waals surface area contributed by atoms with Gasteiger partial charge in [-0.2, -0.15) is 0 Å². The van der Waals surface area contributed by atoms with Crippen LogP contribution in [0.5, 0.6) is 0 Å². The molecule has 5 heteroatoms. The predicted octanol–water partition coefficient (Wildman–Crippen LogP) is 3.89. The molecule has 0 radical (unpaired) electrons. The lowest BCUT2D eigenvalue weighted by Gasteiger charge is -2.31. The van der Waals surface area contributed by atoms with Gasteiger partial charge in [-0.1, -0.05) is 15.9 Å². The number of hydrogen-bond acceptors (Lipinski definition) is 3. The van der Waals surface area contributed by atoms with Crippen molar-refractivity contribution in [1.29, 1.82) is 0 Å². The molecule has 0 unspecified atom stereocenters. The molecule has 2 nitrogen and oxygen atoms in total. The van der Waals surface area contributed by atoms with E-state index in [1.54, 1.807) is 0 Å². The van der Waals surface area contributed by atoms with Crippen molar-refractivity contribution < 1.29 is 4.74 Å². The van der Waals surface area contributed by atoms with Gasteiger partial charge in [-0.25, -0.2) is 0 Å². The zero-order chi connectivity index (χ0) is 12.1. The summed E-state index contributed by atoms with van der Waals surface area (Å²) in [7, 11) is 0. The van der Waals surface area contributed by atoms with Crippen molar-refractivity contribution in [3.05, 3.63) is 20.8 Å². The van der Waals surface area contributed by atoms with Crippen LogP contribution < -0.4 is 0 Å². The minimum atomic E-state index is 0.468. The summed E-state index contributed by atoms with van der Waals surface area (Å²) in [5, 5.41) is 3.08. The van der Waals surface area contributed by atoms with E-state index in [0.717, 1.165) is 44.4 Å². The van der Waals surface area contributed by atoms with Gasteiger partial charge in [-0.15, -0.1) is 11.3 Å². The summed E-state index contributed by atoms with van der Waals surface area (Å²) < 4.78 is 7.01. The van der Waals surface area contributed by atoms with Crippen molar-refractivity contribution in [2.75, 3.05) is 25.0 Å². The largest absolute Gasteiger partial charge is 0.377 e. The smallest absolute Gasteiger partial charge is 0.0599 e. The maximum absolute atomic E-state index is 5.76. The second-order valence-electron chi connectivity index (χ2n) is 4.23. The van der Waals surface area contributed by atoms with Gasteiger partial charge in [0.1, 0.15) is 0 Å². The van der Waals surface area contributed by atoms with Gasteiger partial charge < -0.3 is 4.74 Å². The van der Waals surface area contributed by atoms with Crippen LogP contribution in [-0.4, -0.2) is 36.0 Å². The zero-order valence-corrected chi connectivity index (χ0v) is 13.7. The molecule has 0 aromatic carbocycles. The van der Waals surface area contributed by atoms with Gasteiger partial charge in [0.2, 0.25) is 0 Å². The molecular formula is C12H17Br2NOS. The number of nitrogens with zero attached hydrogens (tertiary/aromatic N) is 1. The van der Waals surface area contributed by atoms with E-state index in [9.17, 15) is 0 Å². The van der Waals surface area contributed by atoms with E-state index in [1.807, 2.05) is 11.3 Å². The summed E-state index contributed by atoms with van der Waals surface area (Å²) in [4.78, 5) is 3.95. The van der Waals surface area contributed by atoms with Crippen LogP contribution in [0, 0.1) is 0 Å². The van der Waals surface area contributed by atoms with Crippen LogP contribution in [0.3, 0.4) is 0 Å². The normalized spacial score (nSPS) is 18.7. The average molecular weight is 383 g/mol. The van der Waals surface area contributed by atoms with E-state index in [0.29, 0.717) is 6.10 Å². The number of likely N-dealkylation sites (tertiary alicyclic amines) is 1. The Bertz CT molecular complexity index is 337. The number of hydrogen-bond donors (Lipinski definition) is 0. The minimum Gasteiger partial charge on any atom is -0.377 e. The molecule has 0 aliphatic carbocycles. The van der Waals surface area contributed by atoms with Crippen LogP contribution in [0.2, 0.25) is 0 Å². The number of rotatable bonds is 5. The summed E-state index contributed by atoms with van der Waals surface area (Å²) in [5.41, 5.74) is 0. The Balaban J connectivity index is 1.74. The quantitative estimate of drug-likeness (QED) is 0.716. The van der Waals surface area contributed by atoms with Crippen LogP contribution in [0.1, 0.15) is 17.7 Å². The number of alkyl halides is 1. The van der Waals surface area contributed by atoms with Crippen molar-refractivity contribution >= 4 is 43.2 Å². The summed E-state index contributed by atoms with van der Waals surface area (Å²) in [6.45, 7) is 4.21. The van der Waals surface area contributed by atoms with Gasteiger partial charge >= 0.3 is 0 Å². The molecule has 0 spiro atoms. The van der Waals surface area contributed by atoms with Gasteiger partial charge in [0.05, 0.1) is 12.7 Å². The highest BCUT2D eigenvalue weighted by Gasteiger charge is 2.20. The fourth-order valence-electron chi connectivity index (χ4n) is 2.09. The Kier molecular flexibility index (Phi) is 5.96. The maximum Gasteiger partial charge on any atom is 0.0599 e. The fraction of sp³-hybridized carbons (Fsp3) is 0.667. The van der Waals surface area contributed by atoms with Crippen molar-refractivity contribution in [3.63, 3.8) is 0 Å². The van der Waals surface area contributed by atoms with Gasteiger partial charge in [-0.3, -0.25) is 4.90 Å². The highest BCUT2D eigenvalue weighted by molar-refractivity contribution is 9.10. The van der Waals surface area contributed by atoms with Crippen molar-refractivity contribution in [3.8, 4) is 0 Å². The summed E-state index contributed by atoms with van der Waals surface area (Å²) >= 11 is 8.82. The summed E-state index contributed by atoms with van der Waals surface area (Å²) in [5.74, 6) is 0. The van der Waals surface area contributed by atoms with Gasteiger partial charge in [0.25, 0.3) is 0 Å². The number of halogens is 2. The second kappa shape index (κ2) is 7.24. The fourth-order valence-corrected chi connectivity index (χ4v) is 3.79. The Labute approximate surface area is 124 Å². The van der Waals surface area contributed by atoms with Crippen LogP contribution in [0.4, 0.5) is 0 Å². The molecule has 0 amide bonds. The third-order valence-corrected chi connectivity index (χ3v) is 5.26. The molecule has 0 bridgehead atoms. The van der Waals surface area contributed by atoms with E-state index in [2.05, 4.69) is 48.2 Å². The molecule has 2 rings (SSSR count). The molecule has 1 saturated heterocycles. The third-order valence-electron chi connectivity index (χ3n) is 3.02. The molecule has 1 aromatic rings. The second-order valence-corrected chi connectivity index (χ2v) is 6.87. The molecule has 0 saturated carbocycles. The number of ether oxygens (including phenoxy) is 1. The molecule has 1 aliphatic heterocycles. The third kappa shape index (κ3) is 4.31. The first-order chi connectivity index (χ1) is 8.29. The summed E-state index contributed by atoms with van der Waals surface area (Å²) in [6.07, 6.45) is 2.79. The molecule has 0 atom stereocenters. The van der Waals surface area contributed by atoms with Gasteiger partial charge in [0, 0.05) is 34.3 Å². The van der Waals surface area contributed by atoms with Crippen molar-refractivity contribution in [2.24, 2.45) is 0 Å². The first-order valence-corrected chi connectivity index (χ1v) is 8.71. The van der Waals surface area contributed by atoms with Gasteiger partial charge in [0.15, 0.2) is 0 Å². The van der Waals surface area contributed by atoms with Gasteiger partial charge in [-0.05, 0) is 40.2 Å². The summed E-state index contributed by atoms with van der Waals surface area (Å²) in [6, 6.07) is 2.13. The van der Waals surface area contributed by atoms with E-state index in [1.165, 1.54) is 9.35 Å². The SMILES string of the molecule is BrCCOC1CCN(Cc2sccc2Br)CC1. The lowest BCUT2D eigenvalue weighted by atomic mass is 10.1. The molecular weight excluding hydrogens is 366 g/mol. The number of thiophene rings is 1. The maximum atomic E-state index is 5.76. The molecule has 1 aromatic heterocycles. The Morgan fingerprint density at radius 1 is 1.41 bits per heavy atom. The van der Waals surface area contributed by atoms with E-state index >= 15 is 0 Å². The highest BCUT2D eigenvalue weighted by Crippen LogP contribution is 2.25. The minimum absolute atomic E-state index is 0.468. The monoisotopic (exact) mass is 381 g/mol. The predicted molar refractivity (Wildman–Crippen MR) is 80.1 cm³/mol. The first-order valence-electron chi connectivity index (χ1n) is 5.91. The van der Waals surface area contributed by atoms with Crippen LogP contribution in [-0.2, 0) is 11.3 Å². The van der Waals surface area contributed by atoms with E-state index in [4.69, 9.17) is 4.74 Å². The molecule has 2 heterocycles. The van der Waals surface area contributed by atoms with Crippen LogP contribution >= 0.6 is 43.2 Å². The Hall–Kier alpha value is 0.580. The van der Waals surface area contributed by atoms with E-state index in [-0.39, 0.29) is 0 Å². The van der Waals surface area contributed by atoms with Crippen LogP contribution in [0.25, 0.3) is 0 Å². The topological polar surface area (TPSA) is 12.5 Å². The lowest BCUT2D eigenvalue weighted by molar-refractivity contribution is 0.0143. The number of piperidine rings is 1. The Morgan fingerprint density at radius 2 is 2.18 bits per heavy atom. The van der Waals surface area contributed by atoms with Crippen LogP contribution in [0.15, 0.2) is 15.9 Å². The average Bonchev–Trinajstić information content (AvgIpc) is 2.74. The molecule has 1 fully saturated rings. The molecule has 17 heavy (non-hydrogen) atoms. The first kappa shape index (κ1) is 14.0. The molecule has 0 N–H and O–H groups in total. The molecule has 1 aliphatic rings. The zero-order valence-electron chi connectivity index (χ0n) is 9.70. The van der Waals surface area contributed by atoms with Crippen molar-refractivity contribution in [1.82, 2.24) is 4.90 Å². The van der Waals surface area contributed by atoms with E-state index < -0.39 is 0 Å². The molecule has 96 valence electrons. The highest BCUT2D eigenvalue weighted by atomic mass is 79.9.